The standard InChI is InChI=1S/C20H22N6O2/c1-14-11-19(25-28-14)24-18-12-17(21-13-22-18)20(27)23-15-5-7-16(8-6-15)26-9-3-2-4-10-26/h5-8,11-13H,2-4,9-10H2,1H3,(H,23,27)(H,21,22,24,25). The number of hydrogen-bond acceptors (Lipinski definition) is 7. The van der Waals surface area contributed by atoms with Gasteiger partial charge in [-0.05, 0) is 50.5 Å². The minimum Gasteiger partial charge on any atom is -0.372 e. The highest BCUT2D eigenvalue weighted by Gasteiger charge is 2.13. The molecule has 1 saturated heterocycles. The van der Waals surface area contributed by atoms with E-state index in [-0.39, 0.29) is 11.6 Å². The Morgan fingerprint density at radius 2 is 1.82 bits per heavy atom. The molecular weight excluding hydrogens is 356 g/mol. The highest BCUT2D eigenvalue weighted by atomic mass is 16.5. The summed E-state index contributed by atoms with van der Waals surface area (Å²) in [5, 5.41) is 9.71. The van der Waals surface area contributed by atoms with E-state index in [2.05, 4.69) is 30.7 Å². The minimum atomic E-state index is -0.299. The Bertz CT molecular complexity index is 947. The Labute approximate surface area is 163 Å². The molecule has 8 nitrogen and oxygen atoms in total. The van der Waals surface area contributed by atoms with Crippen molar-refractivity contribution in [3.8, 4) is 0 Å². The average Bonchev–Trinajstić information content (AvgIpc) is 3.14. The van der Waals surface area contributed by atoms with Gasteiger partial charge >= 0.3 is 0 Å². The number of aromatic nitrogens is 3. The van der Waals surface area contributed by atoms with E-state index < -0.39 is 0 Å². The third-order valence-electron chi connectivity index (χ3n) is 4.63. The van der Waals surface area contributed by atoms with Crippen LogP contribution >= 0.6 is 0 Å². The van der Waals surface area contributed by atoms with E-state index in [1.807, 2.05) is 24.3 Å². The van der Waals surface area contributed by atoms with Crippen molar-refractivity contribution in [3.63, 3.8) is 0 Å². The molecule has 2 N–H and O–H groups in total. The Kier molecular flexibility index (Phi) is 5.18. The third kappa shape index (κ3) is 4.28. The summed E-state index contributed by atoms with van der Waals surface area (Å²) >= 11 is 0. The van der Waals surface area contributed by atoms with Crippen molar-refractivity contribution < 1.29 is 9.32 Å². The molecule has 0 saturated carbocycles. The molecule has 1 aliphatic heterocycles. The maximum Gasteiger partial charge on any atom is 0.274 e. The number of piperidine rings is 1. The summed E-state index contributed by atoms with van der Waals surface area (Å²) in [5.41, 5.74) is 2.18. The zero-order valence-corrected chi connectivity index (χ0v) is 15.7. The van der Waals surface area contributed by atoms with Crippen LogP contribution in [-0.4, -0.2) is 34.1 Å². The first-order chi connectivity index (χ1) is 13.7. The molecule has 8 heteroatoms. The van der Waals surface area contributed by atoms with Gasteiger partial charge in [-0.3, -0.25) is 4.79 Å². The van der Waals surface area contributed by atoms with Crippen molar-refractivity contribution in [2.45, 2.75) is 26.2 Å². The first-order valence-electron chi connectivity index (χ1n) is 9.36. The number of carbonyl (C=O) groups excluding carboxylic acids is 1. The second-order valence-electron chi connectivity index (χ2n) is 6.78. The summed E-state index contributed by atoms with van der Waals surface area (Å²) in [6.07, 6.45) is 5.10. The molecule has 1 aromatic carbocycles. The number of carbonyl (C=O) groups is 1. The van der Waals surface area contributed by atoms with Crippen LogP contribution in [-0.2, 0) is 0 Å². The smallest absolute Gasteiger partial charge is 0.274 e. The van der Waals surface area contributed by atoms with E-state index in [0.29, 0.717) is 17.4 Å². The molecule has 0 radical (unpaired) electrons. The summed E-state index contributed by atoms with van der Waals surface area (Å²) in [6.45, 7) is 3.98. The molecule has 28 heavy (non-hydrogen) atoms. The number of nitrogens with zero attached hydrogens (tertiary/aromatic N) is 4. The summed E-state index contributed by atoms with van der Waals surface area (Å²) in [6, 6.07) is 11.2. The molecule has 1 aliphatic rings. The Morgan fingerprint density at radius 3 is 2.54 bits per heavy atom. The van der Waals surface area contributed by atoms with Crippen LogP contribution in [0.1, 0.15) is 35.5 Å². The highest BCUT2D eigenvalue weighted by molar-refractivity contribution is 6.03. The SMILES string of the molecule is Cc1cc(Nc2cc(C(=O)Nc3ccc(N4CCCCC4)cc3)ncn2)no1. The summed E-state index contributed by atoms with van der Waals surface area (Å²) in [4.78, 5) is 23.1. The molecule has 0 atom stereocenters. The number of rotatable bonds is 5. The Balaban J connectivity index is 1.41. The molecule has 2 aromatic heterocycles. The van der Waals surface area contributed by atoms with Gasteiger partial charge in [0.25, 0.3) is 5.91 Å². The zero-order valence-electron chi connectivity index (χ0n) is 15.7. The first-order valence-corrected chi connectivity index (χ1v) is 9.36. The van der Waals surface area contributed by atoms with Crippen molar-refractivity contribution in [1.29, 1.82) is 0 Å². The lowest BCUT2D eigenvalue weighted by molar-refractivity contribution is 0.102. The van der Waals surface area contributed by atoms with Crippen LogP contribution in [0.25, 0.3) is 0 Å². The Morgan fingerprint density at radius 1 is 1.04 bits per heavy atom. The van der Waals surface area contributed by atoms with Gasteiger partial charge < -0.3 is 20.1 Å². The van der Waals surface area contributed by atoms with Gasteiger partial charge in [0.15, 0.2) is 5.82 Å². The quantitative estimate of drug-likeness (QED) is 0.698. The lowest BCUT2D eigenvalue weighted by atomic mass is 10.1. The molecule has 144 valence electrons. The fourth-order valence-electron chi connectivity index (χ4n) is 3.21. The maximum atomic E-state index is 12.5. The summed E-state index contributed by atoms with van der Waals surface area (Å²) < 4.78 is 5.01. The molecule has 0 bridgehead atoms. The molecular formula is C20H22N6O2. The third-order valence-corrected chi connectivity index (χ3v) is 4.63. The summed E-state index contributed by atoms with van der Waals surface area (Å²) in [5.74, 6) is 1.37. The van der Waals surface area contributed by atoms with E-state index in [0.717, 1.165) is 18.8 Å². The van der Waals surface area contributed by atoms with Crippen molar-refractivity contribution in [2.75, 3.05) is 28.6 Å². The topological polar surface area (TPSA) is 96.2 Å². The van der Waals surface area contributed by atoms with Gasteiger partial charge in [0.2, 0.25) is 0 Å². The van der Waals surface area contributed by atoms with Crippen LogP contribution < -0.4 is 15.5 Å². The predicted octanol–water partition coefficient (Wildman–Crippen LogP) is 3.76. The molecule has 0 spiro atoms. The molecule has 0 aliphatic carbocycles. The largest absolute Gasteiger partial charge is 0.372 e. The zero-order chi connectivity index (χ0) is 19.3. The van der Waals surface area contributed by atoms with Crippen molar-refractivity contribution >= 4 is 28.9 Å². The van der Waals surface area contributed by atoms with Crippen LogP contribution in [0.5, 0.6) is 0 Å². The molecule has 1 fully saturated rings. The van der Waals surface area contributed by atoms with Crippen LogP contribution in [0.4, 0.5) is 23.0 Å². The molecule has 3 heterocycles. The molecule has 1 amide bonds. The first kappa shape index (κ1) is 18.0. The van der Waals surface area contributed by atoms with Crippen LogP contribution in [0.15, 0.2) is 47.2 Å². The normalized spacial score (nSPS) is 14.0. The molecule has 4 rings (SSSR count). The minimum absolute atomic E-state index is 0.262. The van der Waals surface area contributed by atoms with E-state index in [9.17, 15) is 4.79 Å². The van der Waals surface area contributed by atoms with Gasteiger partial charge in [0, 0.05) is 36.6 Å². The highest BCUT2D eigenvalue weighted by Crippen LogP contribution is 2.22. The fraction of sp³-hybridized carbons (Fsp3) is 0.300. The predicted molar refractivity (Wildman–Crippen MR) is 107 cm³/mol. The maximum absolute atomic E-state index is 12.5. The molecule has 0 unspecified atom stereocenters. The Hall–Kier alpha value is -3.42. The van der Waals surface area contributed by atoms with Crippen LogP contribution in [0.2, 0.25) is 0 Å². The van der Waals surface area contributed by atoms with Gasteiger partial charge in [0.1, 0.15) is 23.6 Å². The fourth-order valence-corrected chi connectivity index (χ4v) is 3.21. The van der Waals surface area contributed by atoms with Gasteiger partial charge in [-0.15, -0.1) is 0 Å². The van der Waals surface area contributed by atoms with E-state index >= 15 is 0 Å². The van der Waals surface area contributed by atoms with Gasteiger partial charge in [-0.25, -0.2) is 9.97 Å². The molecule has 3 aromatic rings. The van der Waals surface area contributed by atoms with Gasteiger partial charge in [-0.1, -0.05) is 5.16 Å². The summed E-state index contributed by atoms with van der Waals surface area (Å²) in [7, 11) is 0. The monoisotopic (exact) mass is 378 g/mol. The average molecular weight is 378 g/mol. The number of aryl methyl sites for hydroxylation is 1. The number of anilines is 4. The number of hydrogen-bond donors (Lipinski definition) is 2. The second kappa shape index (κ2) is 8.08. The van der Waals surface area contributed by atoms with Gasteiger partial charge in [-0.2, -0.15) is 0 Å². The van der Waals surface area contributed by atoms with Crippen molar-refractivity contribution in [1.82, 2.24) is 15.1 Å². The number of amides is 1. The van der Waals surface area contributed by atoms with E-state index in [1.165, 1.54) is 31.3 Å². The van der Waals surface area contributed by atoms with Crippen LogP contribution in [0.3, 0.4) is 0 Å². The lowest BCUT2D eigenvalue weighted by Crippen LogP contribution is -2.29. The van der Waals surface area contributed by atoms with Crippen molar-refractivity contribution in [3.05, 3.63) is 54.2 Å². The van der Waals surface area contributed by atoms with Crippen LogP contribution in [0, 0.1) is 6.92 Å². The lowest BCUT2D eigenvalue weighted by Gasteiger charge is -2.28. The van der Waals surface area contributed by atoms with E-state index in [4.69, 9.17) is 4.52 Å². The van der Waals surface area contributed by atoms with E-state index in [1.54, 1.807) is 19.1 Å². The van der Waals surface area contributed by atoms with Crippen molar-refractivity contribution in [2.24, 2.45) is 0 Å². The number of nitrogens with one attached hydrogen (secondary N) is 2. The number of benzene rings is 1. The van der Waals surface area contributed by atoms with Gasteiger partial charge in [0.05, 0.1) is 0 Å². The second-order valence-corrected chi connectivity index (χ2v) is 6.78.